The lowest BCUT2D eigenvalue weighted by Crippen LogP contribution is -2.42. The van der Waals surface area contributed by atoms with Crippen LogP contribution in [0.5, 0.6) is 0 Å². The fourth-order valence-corrected chi connectivity index (χ4v) is 5.47. The van der Waals surface area contributed by atoms with E-state index < -0.39 is 10.0 Å². The summed E-state index contributed by atoms with van der Waals surface area (Å²) < 4.78 is 27.8. The molecule has 0 heterocycles. The number of hydrogen-bond acceptors (Lipinski definition) is 3. The van der Waals surface area contributed by atoms with Gasteiger partial charge in [0.05, 0.1) is 11.5 Å². The average molecular weight is 376 g/mol. The van der Waals surface area contributed by atoms with Crippen LogP contribution >= 0.6 is 15.9 Å². The van der Waals surface area contributed by atoms with Crippen molar-refractivity contribution in [3.05, 3.63) is 28.2 Å². The van der Waals surface area contributed by atoms with Crippen LogP contribution in [0.25, 0.3) is 0 Å². The van der Waals surface area contributed by atoms with Crippen LogP contribution in [-0.4, -0.2) is 30.9 Å². The summed E-state index contributed by atoms with van der Waals surface area (Å²) in [5, 5.41) is 9.22. The Bertz CT molecular complexity index is 603. The Morgan fingerprint density at radius 3 is 2.62 bits per heavy atom. The van der Waals surface area contributed by atoms with E-state index in [0.717, 1.165) is 19.3 Å². The van der Waals surface area contributed by atoms with Crippen LogP contribution in [0.4, 0.5) is 0 Å². The van der Waals surface area contributed by atoms with E-state index in [-0.39, 0.29) is 17.5 Å². The maximum absolute atomic E-state index is 12.9. The highest BCUT2D eigenvalue weighted by molar-refractivity contribution is 9.10. The Morgan fingerprint density at radius 2 is 2.00 bits per heavy atom. The highest BCUT2D eigenvalue weighted by atomic mass is 79.9. The van der Waals surface area contributed by atoms with Crippen molar-refractivity contribution in [1.82, 2.24) is 4.31 Å². The van der Waals surface area contributed by atoms with Crippen LogP contribution in [0.15, 0.2) is 27.6 Å². The van der Waals surface area contributed by atoms with Gasteiger partial charge in [-0.25, -0.2) is 8.42 Å². The van der Waals surface area contributed by atoms with E-state index in [0.29, 0.717) is 16.0 Å². The minimum absolute atomic E-state index is 0.0495. The van der Waals surface area contributed by atoms with Gasteiger partial charge in [0, 0.05) is 17.6 Å². The molecule has 2 rings (SSSR count). The molecule has 4 nitrogen and oxygen atoms in total. The molecule has 1 fully saturated rings. The van der Waals surface area contributed by atoms with Gasteiger partial charge in [-0.1, -0.05) is 25.8 Å². The summed E-state index contributed by atoms with van der Waals surface area (Å²) in [7, 11) is -1.89. The molecular weight excluding hydrogens is 354 g/mol. The quantitative estimate of drug-likeness (QED) is 0.879. The van der Waals surface area contributed by atoms with E-state index in [9.17, 15) is 13.5 Å². The number of aliphatic hydroxyl groups excluding tert-OH is 1. The predicted molar refractivity (Wildman–Crippen MR) is 86.4 cm³/mol. The third-order valence-corrected chi connectivity index (χ3v) is 7.25. The van der Waals surface area contributed by atoms with Gasteiger partial charge in [-0.15, -0.1) is 0 Å². The standard InChI is InChI=1S/C15H22BrNO3S/c1-11-5-3-4-6-14(11)17(2)21(19,20)15-9-12(10-18)7-8-13(15)16/h7-9,11,14,18H,3-6,10H2,1-2H3. The summed E-state index contributed by atoms with van der Waals surface area (Å²) in [5.74, 6) is 0.373. The molecule has 0 saturated heterocycles. The van der Waals surface area contributed by atoms with Crippen molar-refractivity contribution in [1.29, 1.82) is 0 Å². The lowest BCUT2D eigenvalue weighted by atomic mass is 9.86. The first-order chi connectivity index (χ1) is 9.87. The third-order valence-electron chi connectivity index (χ3n) is 4.37. The lowest BCUT2D eigenvalue weighted by molar-refractivity contribution is 0.213. The summed E-state index contributed by atoms with van der Waals surface area (Å²) >= 11 is 3.32. The zero-order valence-corrected chi connectivity index (χ0v) is 14.8. The minimum Gasteiger partial charge on any atom is -0.392 e. The van der Waals surface area contributed by atoms with Gasteiger partial charge in [0.15, 0.2) is 0 Å². The first-order valence-electron chi connectivity index (χ1n) is 7.25. The summed E-state index contributed by atoms with van der Waals surface area (Å²) in [6, 6.07) is 4.99. The Morgan fingerprint density at radius 1 is 1.33 bits per heavy atom. The summed E-state index contributed by atoms with van der Waals surface area (Å²) in [6.45, 7) is 1.95. The fourth-order valence-electron chi connectivity index (χ4n) is 3.01. The molecule has 0 bridgehead atoms. The molecule has 118 valence electrons. The van der Waals surface area contributed by atoms with E-state index in [1.54, 1.807) is 25.2 Å². The molecule has 0 spiro atoms. The summed E-state index contributed by atoms with van der Waals surface area (Å²) in [6.07, 6.45) is 4.23. The molecule has 1 aromatic rings. The highest BCUT2D eigenvalue weighted by Crippen LogP contribution is 2.33. The Balaban J connectivity index is 2.36. The number of nitrogens with zero attached hydrogens (tertiary/aromatic N) is 1. The molecule has 2 unspecified atom stereocenters. The number of rotatable bonds is 4. The molecule has 0 aliphatic heterocycles. The Labute approximate surface area is 135 Å². The second-order valence-corrected chi connectivity index (χ2v) is 8.59. The van der Waals surface area contributed by atoms with Gasteiger partial charge in [0.2, 0.25) is 10.0 Å². The molecule has 0 amide bonds. The minimum atomic E-state index is -3.56. The van der Waals surface area contributed by atoms with Gasteiger partial charge < -0.3 is 5.11 Å². The van der Waals surface area contributed by atoms with Crippen molar-refractivity contribution in [3.8, 4) is 0 Å². The van der Waals surface area contributed by atoms with E-state index in [2.05, 4.69) is 22.9 Å². The Hall–Kier alpha value is -0.430. The molecule has 1 aliphatic carbocycles. The monoisotopic (exact) mass is 375 g/mol. The maximum Gasteiger partial charge on any atom is 0.244 e. The zero-order chi connectivity index (χ0) is 15.6. The third kappa shape index (κ3) is 3.50. The summed E-state index contributed by atoms with van der Waals surface area (Å²) in [4.78, 5) is 0.231. The molecule has 21 heavy (non-hydrogen) atoms. The average Bonchev–Trinajstić information content (AvgIpc) is 2.47. The van der Waals surface area contributed by atoms with E-state index >= 15 is 0 Å². The maximum atomic E-state index is 12.9. The predicted octanol–water partition coefficient (Wildman–Crippen LogP) is 3.14. The molecule has 6 heteroatoms. The fraction of sp³-hybridized carbons (Fsp3) is 0.600. The van der Waals surface area contributed by atoms with Crippen molar-refractivity contribution in [2.24, 2.45) is 5.92 Å². The van der Waals surface area contributed by atoms with Gasteiger partial charge in [-0.3, -0.25) is 0 Å². The van der Waals surface area contributed by atoms with Crippen molar-refractivity contribution in [3.63, 3.8) is 0 Å². The molecule has 1 N–H and O–H groups in total. The van der Waals surface area contributed by atoms with Crippen molar-refractivity contribution in [2.75, 3.05) is 7.05 Å². The van der Waals surface area contributed by atoms with Gasteiger partial charge in [-0.2, -0.15) is 4.31 Å². The second kappa shape index (κ2) is 6.77. The molecular formula is C15H22BrNO3S. The van der Waals surface area contributed by atoms with E-state index in [1.165, 1.54) is 10.7 Å². The van der Waals surface area contributed by atoms with E-state index in [1.807, 2.05) is 0 Å². The largest absolute Gasteiger partial charge is 0.392 e. The number of aliphatic hydroxyl groups is 1. The number of sulfonamides is 1. The zero-order valence-electron chi connectivity index (χ0n) is 12.4. The van der Waals surface area contributed by atoms with Crippen LogP contribution in [0, 0.1) is 5.92 Å². The topological polar surface area (TPSA) is 57.6 Å². The number of halogens is 1. The molecule has 2 atom stereocenters. The van der Waals surface area contributed by atoms with Crippen molar-refractivity contribution in [2.45, 2.75) is 50.2 Å². The first-order valence-corrected chi connectivity index (χ1v) is 9.48. The van der Waals surface area contributed by atoms with Crippen LogP contribution in [0.2, 0.25) is 0 Å². The normalized spacial score (nSPS) is 23.5. The van der Waals surface area contributed by atoms with Gasteiger partial charge in [-0.05, 0) is 52.4 Å². The molecule has 0 radical (unpaired) electrons. The SMILES string of the molecule is CC1CCCCC1N(C)S(=O)(=O)c1cc(CO)ccc1Br. The first kappa shape index (κ1) is 16.9. The van der Waals surface area contributed by atoms with Crippen molar-refractivity contribution >= 4 is 26.0 Å². The summed E-state index contributed by atoms with van der Waals surface area (Å²) in [5.41, 5.74) is 0.599. The molecule has 1 saturated carbocycles. The van der Waals surface area contributed by atoms with Crippen LogP contribution in [0.3, 0.4) is 0 Å². The lowest BCUT2D eigenvalue weighted by Gasteiger charge is -2.35. The van der Waals surface area contributed by atoms with E-state index in [4.69, 9.17) is 0 Å². The second-order valence-electron chi connectivity index (χ2n) is 5.77. The van der Waals surface area contributed by atoms with Gasteiger partial charge in [0.25, 0.3) is 0 Å². The number of hydrogen-bond donors (Lipinski definition) is 1. The molecule has 1 aliphatic rings. The molecule has 1 aromatic carbocycles. The Kier molecular flexibility index (Phi) is 5.46. The van der Waals surface area contributed by atoms with Crippen molar-refractivity contribution < 1.29 is 13.5 Å². The number of benzene rings is 1. The smallest absolute Gasteiger partial charge is 0.244 e. The van der Waals surface area contributed by atoms with Gasteiger partial charge in [0.1, 0.15) is 0 Å². The van der Waals surface area contributed by atoms with Crippen LogP contribution < -0.4 is 0 Å². The molecule has 0 aromatic heterocycles. The van der Waals surface area contributed by atoms with Crippen LogP contribution in [-0.2, 0) is 16.6 Å². The highest BCUT2D eigenvalue weighted by Gasteiger charge is 2.34. The van der Waals surface area contributed by atoms with Crippen LogP contribution in [0.1, 0.15) is 38.2 Å². The van der Waals surface area contributed by atoms with Gasteiger partial charge >= 0.3 is 0 Å².